The van der Waals surface area contributed by atoms with Gasteiger partial charge in [-0.1, -0.05) is 0 Å². The number of alkyl halides is 6. The topological polar surface area (TPSA) is 143 Å². The Bertz CT molecular complexity index is 1070. The second-order valence-corrected chi connectivity index (χ2v) is 6.86. The number of halogens is 6. The highest BCUT2D eigenvalue weighted by atomic mass is 32.2. The van der Waals surface area contributed by atoms with Crippen LogP contribution in [0.3, 0.4) is 0 Å². The number of carbonyl (C=O) groups excluding carboxylic acids is 1. The van der Waals surface area contributed by atoms with Gasteiger partial charge in [-0.15, -0.1) is 0 Å². The highest BCUT2D eigenvalue weighted by Gasteiger charge is 2.39. The number of phenolic OH excluding ortho intramolecular Hbond substituents is 1. The molecule has 1 aromatic heterocycles. The number of nitrogens with zero attached hydrogens (tertiary/aromatic N) is 3. The Morgan fingerprint density at radius 1 is 1.07 bits per heavy atom. The van der Waals surface area contributed by atoms with Crippen molar-refractivity contribution in [1.29, 1.82) is 0 Å². The number of rotatable bonds is 4. The van der Waals surface area contributed by atoms with Gasteiger partial charge in [0.25, 0.3) is 10.0 Å². The molecule has 2 amide bonds. The van der Waals surface area contributed by atoms with E-state index in [1.54, 1.807) is 0 Å². The van der Waals surface area contributed by atoms with Crippen LogP contribution < -0.4 is 14.8 Å². The summed E-state index contributed by atoms with van der Waals surface area (Å²) in [7, 11) is -4.29. The van der Waals surface area contributed by atoms with Gasteiger partial charge in [-0.25, -0.2) is 17.9 Å². The fraction of sp³-hybridized carbons (Fsp3) is 0.231. The maximum atomic E-state index is 13.0. The van der Waals surface area contributed by atoms with Crippen LogP contribution in [0.1, 0.15) is 11.4 Å². The fourth-order valence-corrected chi connectivity index (χ4v) is 3.02. The highest BCUT2D eigenvalue weighted by Crippen LogP contribution is 2.36. The molecule has 0 saturated heterocycles. The molecule has 0 aliphatic rings. The van der Waals surface area contributed by atoms with E-state index in [1.165, 1.54) is 10.0 Å². The van der Waals surface area contributed by atoms with Crippen molar-refractivity contribution in [2.45, 2.75) is 17.2 Å². The average molecular weight is 461 g/mol. The van der Waals surface area contributed by atoms with Crippen molar-refractivity contribution in [2.75, 3.05) is 12.4 Å². The van der Waals surface area contributed by atoms with Crippen molar-refractivity contribution in [3.8, 4) is 11.8 Å². The number of amides is 2. The Morgan fingerprint density at radius 3 is 2.23 bits per heavy atom. The summed E-state index contributed by atoms with van der Waals surface area (Å²) in [6, 6.07) is -1.56. The molecule has 1 aromatic carbocycles. The average Bonchev–Trinajstić information content (AvgIpc) is 2.59. The predicted molar refractivity (Wildman–Crippen MR) is 83.8 cm³/mol. The molecular formula is C13H9F6N5O5S. The van der Waals surface area contributed by atoms with Crippen LogP contribution in [-0.2, 0) is 22.4 Å². The molecule has 2 rings (SSSR count). The molecule has 164 valence electrons. The third kappa shape index (κ3) is 5.37. The lowest BCUT2D eigenvalue weighted by molar-refractivity contribution is -0.145. The summed E-state index contributed by atoms with van der Waals surface area (Å²) < 4.78 is 107. The minimum atomic E-state index is -5.22. The van der Waals surface area contributed by atoms with E-state index in [-0.39, 0.29) is 6.07 Å². The Balaban J connectivity index is 2.33. The second-order valence-electron chi connectivity index (χ2n) is 5.20. The number of aromatic nitrogens is 3. The minimum Gasteiger partial charge on any atom is -0.508 e. The zero-order valence-electron chi connectivity index (χ0n) is 14.3. The molecule has 0 bridgehead atoms. The second kappa shape index (κ2) is 7.81. The number of benzene rings is 1. The van der Waals surface area contributed by atoms with Crippen LogP contribution in [0.4, 0.5) is 37.1 Å². The van der Waals surface area contributed by atoms with Crippen LogP contribution in [0, 0.1) is 0 Å². The first-order valence-electron chi connectivity index (χ1n) is 7.25. The standard InChI is InChI=1S/C13H9F6N5O5S/c1-29-11-21-8(13(17,18)19)20-9(23-11)22-10(26)24-30(27,28)7-3-2-5(25)4-6(7)12(14,15)16/h2-4,25H,1H3,(H2,20,21,22,23,24,26). The number of phenols is 1. The first-order valence-corrected chi connectivity index (χ1v) is 8.73. The number of sulfonamides is 1. The Hall–Kier alpha value is -3.37. The quantitative estimate of drug-likeness (QED) is 0.588. The summed E-state index contributed by atoms with van der Waals surface area (Å²) >= 11 is 0. The largest absolute Gasteiger partial charge is 0.508 e. The van der Waals surface area contributed by atoms with E-state index in [9.17, 15) is 39.6 Å². The lowest BCUT2D eigenvalue weighted by Crippen LogP contribution is -2.36. The normalized spacial score (nSPS) is 12.4. The van der Waals surface area contributed by atoms with Crippen LogP contribution in [-0.4, -0.2) is 41.6 Å². The van der Waals surface area contributed by atoms with Crippen molar-refractivity contribution in [3.05, 3.63) is 29.6 Å². The van der Waals surface area contributed by atoms with Gasteiger partial charge in [0, 0.05) is 0 Å². The molecule has 0 saturated carbocycles. The molecule has 3 N–H and O–H groups in total. The van der Waals surface area contributed by atoms with Gasteiger partial charge in [0.05, 0.1) is 17.6 Å². The van der Waals surface area contributed by atoms with Crippen molar-refractivity contribution >= 4 is 22.0 Å². The Labute approximate surface area is 163 Å². The smallest absolute Gasteiger partial charge is 0.451 e. The number of aromatic hydroxyl groups is 1. The van der Waals surface area contributed by atoms with Gasteiger partial charge in [-0.2, -0.15) is 41.3 Å². The van der Waals surface area contributed by atoms with Crippen LogP contribution >= 0.6 is 0 Å². The first kappa shape index (κ1) is 22.9. The highest BCUT2D eigenvalue weighted by molar-refractivity contribution is 7.90. The van der Waals surface area contributed by atoms with E-state index < -0.39 is 62.4 Å². The van der Waals surface area contributed by atoms with Gasteiger partial charge in [0.15, 0.2) is 0 Å². The van der Waals surface area contributed by atoms with Crippen molar-refractivity contribution < 1.29 is 49.4 Å². The third-order valence-corrected chi connectivity index (χ3v) is 4.45. The fourth-order valence-electron chi connectivity index (χ4n) is 1.91. The summed E-state index contributed by atoms with van der Waals surface area (Å²) in [5.41, 5.74) is -1.79. The van der Waals surface area contributed by atoms with Crippen LogP contribution in [0.15, 0.2) is 23.1 Å². The van der Waals surface area contributed by atoms with Gasteiger partial charge in [-0.05, 0) is 18.2 Å². The van der Waals surface area contributed by atoms with E-state index in [0.717, 1.165) is 7.11 Å². The molecule has 0 unspecified atom stereocenters. The van der Waals surface area contributed by atoms with E-state index in [1.807, 2.05) is 0 Å². The number of hydrogen-bond donors (Lipinski definition) is 3. The minimum absolute atomic E-state index is 0.110. The van der Waals surface area contributed by atoms with Crippen molar-refractivity contribution in [2.24, 2.45) is 0 Å². The number of anilines is 1. The monoisotopic (exact) mass is 461 g/mol. The SMILES string of the molecule is COc1nc(NC(=O)NS(=O)(=O)c2ccc(O)cc2C(F)(F)F)nc(C(F)(F)F)n1. The number of carbonyl (C=O) groups is 1. The summed E-state index contributed by atoms with van der Waals surface area (Å²) in [4.78, 5) is 19.4. The number of nitrogens with one attached hydrogen (secondary N) is 2. The molecule has 30 heavy (non-hydrogen) atoms. The zero-order valence-corrected chi connectivity index (χ0v) is 15.1. The van der Waals surface area contributed by atoms with Gasteiger partial charge in [0.2, 0.25) is 11.8 Å². The number of ether oxygens (including phenoxy) is 1. The molecule has 0 aliphatic carbocycles. The lowest BCUT2D eigenvalue weighted by atomic mass is 10.2. The molecule has 17 heteroatoms. The van der Waals surface area contributed by atoms with Gasteiger partial charge in [-0.3, -0.25) is 5.32 Å². The maximum Gasteiger partial charge on any atom is 0.451 e. The summed E-state index contributed by atoms with van der Waals surface area (Å²) in [5.74, 6) is -3.78. The van der Waals surface area contributed by atoms with Crippen molar-refractivity contribution in [3.63, 3.8) is 0 Å². The zero-order chi connectivity index (χ0) is 22.9. The number of methoxy groups -OCH3 is 1. The maximum absolute atomic E-state index is 13.0. The molecule has 0 fully saturated rings. The van der Waals surface area contributed by atoms with Gasteiger partial charge >= 0.3 is 24.4 Å². The lowest BCUT2D eigenvalue weighted by Gasteiger charge is -2.14. The summed E-state index contributed by atoms with van der Waals surface area (Å²) in [6.07, 6.45) is -10.3. The molecule has 0 aliphatic heterocycles. The first-order chi connectivity index (χ1) is 13.6. The van der Waals surface area contributed by atoms with Crippen LogP contribution in [0.25, 0.3) is 0 Å². The molecule has 0 radical (unpaired) electrons. The molecule has 10 nitrogen and oxygen atoms in total. The van der Waals surface area contributed by atoms with E-state index in [4.69, 9.17) is 5.11 Å². The molecule has 0 atom stereocenters. The number of urea groups is 1. The Morgan fingerprint density at radius 2 is 1.70 bits per heavy atom. The van der Waals surface area contributed by atoms with Crippen LogP contribution in [0.2, 0.25) is 0 Å². The van der Waals surface area contributed by atoms with Gasteiger partial charge in [0.1, 0.15) is 5.75 Å². The van der Waals surface area contributed by atoms with E-state index in [2.05, 4.69) is 19.7 Å². The number of hydrogen-bond acceptors (Lipinski definition) is 8. The van der Waals surface area contributed by atoms with Crippen LogP contribution in [0.5, 0.6) is 11.8 Å². The predicted octanol–water partition coefficient (Wildman–Crippen LogP) is 2.13. The summed E-state index contributed by atoms with van der Waals surface area (Å²) in [6.45, 7) is 0. The molecule has 0 spiro atoms. The molecule has 1 heterocycles. The molecular weight excluding hydrogens is 452 g/mol. The molecule has 2 aromatic rings. The van der Waals surface area contributed by atoms with Gasteiger partial charge < -0.3 is 9.84 Å². The third-order valence-electron chi connectivity index (χ3n) is 3.06. The Kier molecular flexibility index (Phi) is 5.96. The van der Waals surface area contributed by atoms with E-state index in [0.29, 0.717) is 12.1 Å². The van der Waals surface area contributed by atoms with E-state index >= 15 is 0 Å². The van der Waals surface area contributed by atoms with Crippen molar-refractivity contribution in [1.82, 2.24) is 19.7 Å². The summed E-state index contributed by atoms with van der Waals surface area (Å²) in [5, 5.41) is 10.7.